The van der Waals surface area contributed by atoms with Gasteiger partial charge in [0, 0.05) is 17.4 Å². The van der Waals surface area contributed by atoms with E-state index in [2.05, 4.69) is 28.6 Å². The van der Waals surface area contributed by atoms with Crippen molar-refractivity contribution in [3.63, 3.8) is 0 Å². The largest absolute Gasteiger partial charge is 0.481 e. The number of hydrogen-bond donors (Lipinski definition) is 9. The molecule has 0 bridgehead atoms. The molecular formula is C33H62N8O7. The average Bonchev–Trinajstić information content (AvgIpc) is 3.07. The van der Waals surface area contributed by atoms with Gasteiger partial charge in [-0.2, -0.15) is 0 Å². The second kappa shape index (κ2) is 29.8. The first-order valence-corrected chi connectivity index (χ1v) is 16.1. The number of amidine groups is 1. The lowest BCUT2D eigenvalue weighted by atomic mass is 9.64. The molecule has 48 heavy (non-hydrogen) atoms. The van der Waals surface area contributed by atoms with Gasteiger partial charge < -0.3 is 47.8 Å². The molecule has 3 amide bonds. The average molecular weight is 683 g/mol. The summed E-state index contributed by atoms with van der Waals surface area (Å²) in [7, 11) is 1.10. The molecule has 0 aliphatic carbocycles. The monoisotopic (exact) mass is 682 g/mol. The van der Waals surface area contributed by atoms with Crippen molar-refractivity contribution in [1.29, 1.82) is 10.8 Å². The van der Waals surface area contributed by atoms with Crippen molar-refractivity contribution in [2.75, 3.05) is 20.2 Å². The summed E-state index contributed by atoms with van der Waals surface area (Å²) < 4.78 is 4.73. The summed E-state index contributed by atoms with van der Waals surface area (Å²) in [6.45, 7) is 15.5. The third-order valence-electron chi connectivity index (χ3n) is 6.64. The summed E-state index contributed by atoms with van der Waals surface area (Å²) in [6, 6.07) is 5.72. The Kier molecular flexibility index (Phi) is 31.3. The van der Waals surface area contributed by atoms with E-state index in [4.69, 9.17) is 27.0 Å². The van der Waals surface area contributed by atoms with Gasteiger partial charge in [0.25, 0.3) is 0 Å². The van der Waals surface area contributed by atoms with Gasteiger partial charge in [0.2, 0.25) is 11.8 Å². The molecule has 1 aromatic rings. The smallest absolute Gasteiger partial charge is 0.407 e. The summed E-state index contributed by atoms with van der Waals surface area (Å²) >= 11 is 0. The number of alkyl carbamates (subject to hydrolysis) is 1. The summed E-state index contributed by atoms with van der Waals surface area (Å²) in [5, 5.41) is 30.5. The Bertz CT molecular complexity index is 1100. The Morgan fingerprint density at radius 2 is 1.65 bits per heavy atom. The molecule has 1 aromatic carbocycles. The first kappa shape index (κ1) is 50.3. The van der Waals surface area contributed by atoms with Crippen LogP contribution in [0.15, 0.2) is 24.3 Å². The topological polar surface area (TPSA) is 277 Å². The Morgan fingerprint density at radius 1 is 1.08 bits per heavy atom. The highest BCUT2D eigenvalue weighted by molar-refractivity contribution is 5.96. The second-order valence-electron chi connectivity index (χ2n) is 10.1. The summed E-state index contributed by atoms with van der Waals surface area (Å²) in [5.41, 5.74) is 12.8. The van der Waals surface area contributed by atoms with E-state index in [-0.39, 0.29) is 12.3 Å². The number of carboxylic acid groups (broad SMARTS) is 1. The predicted molar refractivity (Wildman–Crippen MR) is 191 cm³/mol. The molecule has 0 radical (unpaired) electrons. The molecule has 0 saturated heterocycles. The van der Waals surface area contributed by atoms with Crippen molar-refractivity contribution < 1.29 is 33.8 Å². The molecule has 15 nitrogen and oxygen atoms in total. The fourth-order valence-corrected chi connectivity index (χ4v) is 4.09. The number of aliphatic carboxylic acids is 1. The van der Waals surface area contributed by atoms with E-state index < -0.39 is 53.8 Å². The highest BCUT2D eigenvalue weighted by Gasteiger charge is 2.53. The molecule has 276 valence electrons. The maximum atomic E-state index is 13.7. The summed E-state index contributed by atoms with van der Waals surface area (Å²) in [5.74, 6) is -2.89. The van der Waals surface area contributed by atoms with Crippen LogP contribution in [0.1, 0.15) is 105 Å². The molecule has 12 N–H and O–H groups in total. The van der Waals surface area contributed by atoms with Gasteiger partial charge in [-0.25, -0.2) is 4.79 Å². The zero-order valence-corrected chi connectivity index (χ0v) is 30.3. The minimum absolute atomic E-state index is 0.220. The van der Waals surface area contributed by atoms with Gasteiger partial charge in [-0.1, -0.05) is 86.4 Å². The van der Waals surface area contributed by atoms with Gasteiger partial charge in [-0.3, -0.25) is 25.2 Å². The molecule has 2 unspecified atom stereocenters. The van der Waals surface area contributed by atoms with E-state index in [9.17, 15) is 29.1 Å². The SMILES string of the molecule is CC.CC.CCCC(C=O)NC(=O)CNC(=O)C(CCC(=O)O)(NC(=O)OC)C(C)(C)c1cccc(C(=N)N)c1.CCCCN.N=CN. The van der Waals surface area contributed by atoms with Crippen LogP contribution in [0.5, 0.6) is 0 Å². The molecule has 0 heterocycles. The van der Waals surface area contributed by atoms with Crippen LogP contribution < -0.4 is 33.2 Å². The van der Waals surface area contributed by atoms with Crippen LogP contribution in [0, 0.1) is 10.8 Å². The fraction of sp³-hybridized carbons (Fsp3) is 0.606. The zero-order valence-electron chi connectivity index (χ0n) is 30.3. The molecule has 0 aromatic heterocycles. The number of nitrogens with one attached hydrogen (secondary N) is 5. The van der Waals surface area contributed by atoms with Crippen molar-refractivity contribution in [2.45, 2.75) is 111 Å². The predicted octanol–water partition coefficient (Wildman–Crippen LogP) is 3.16. The van der Waals surface area contributed by atoms with Crippen LogP contribution >= 0.6 is 0 Å². The number of nitrogens with two attached hydrogens (primary N) is 3. The Hall–Kier alpha value is -4.53. The number of carbonyl (C=O) groups is 5. The first-order chi connectivity index (χ1) is 22.7. The number of aldehydes is 1. The molecule has 15 heteroatoms. The zero-order chi connectivity index (χ0) is 38.3. The number of methoxy groups -OCH3 is 1. The van der Waals surface area contributed by atoms with Gasteiger partial charge in [0.1, 0.15) is 17.7 Å². The van der Waals surface area contributed by atoms with Gasteiger partial charge in [0.15, 0.2) is 0 Å². The number of amides is 3. The molecule has 2 atom stereocenters. The van der Waals surface area contributed by atoms with Crippen LogP contribution in [0.2, 0.25) is 0 Å². The maximum Gasteiger partial charge on any atom is 0.407 e. The maximum absolute atomic E-state index is 13.7. The second-order valence-corrected chi connectivity index (χ2v) is 10.1. The minimum Gasteiger partial charge on any atom is -0.481 e. The first-order valence-electron chi connectivity index (χ1n) is 16.1. The van der Waals surface area contributed by atoms with Gasteiger partial charge in [0.05, 0.1) is 26.0 Å². The number of ether oxygens (including phenoxy) is 1. The molecule has 0 aliphatic heterocycles. The van der Waals surface area contributed by atoms with Gasteiger partial charge >= 0.3 is 12.1 Å². The van der Waals surface area contributed by atoms with Crippen molar-refractivity contribution >= 4 is 42.3 Å². The van der Waals surface area contributed by atoms with Crippen molar-refractivity contribution in [1.82, 2.24) is 16.0 Å². The van der Waals surface area contributed by atoms with Crippen LogP contribution in [0.3, 0.4) is 0 Å². The lowest BCUT2D eigenvalue weighted by Gasteiger charge is -2.46. The quantitative estimate of drug-likeness (QED) is 0.0697. The van der Waals surface area contributed by atoms with E-state index in [0.717, 1.165) is 20.0 Å². The normalized spacial score (nSPS) is 11.5. The van der Waals surface area contributed by atoms with Crippen molar-refractivity contribution in [2.24, 2.45) is 17.2 Å². The van der Waals surface area contributed by atoms with Crippen LogP contribution in [-0.4, -0.2) is 79.2 Å². The highest BCUT2D eigenvalue weighted by Crippen LogP contribution is 2.39. The number of carboxylic acids is 1. The molecule has 0 aliphatic rings. The van der Waals surface area contributed by atoms with E-state index in [1.165, 1.54) is 12.8 Å². The summed E-state index contributed by atoms with van der Waals surface area (Å²) in [4.78, 5) is 61.1. The van der Waals surface area contributed by atoms with Crippen LogP contribution in [0.25, 0.3) is 0 Å². The fourth-order valence-electron chi connectivity index (χ4n) is 4.09. The lowest BCUT2D eigenvalue weighted by Crippen LogP contribution is -2.68. The minimum atomic E-state index is -1.90. The molecule has 0 fully saturated rings. The Morgan fingerprint density at radius 3 is 2.04 bits per heavy atom. The van der Waals surface area contributed by atoms with E-state index in [1.54, 1.807) is 38.1 Å². The number of nitrogen functional groups attached to an aromatic ring is 1. The van der Waals surface area contributed by atoms with Crippen LogP contribution in [0.4, 0.5) is 4.79 Å². The molecule has 0 spiro atoms. The number of rotatable bonds is 16. The van der Waals surface area contributed by atoms with E-state index in [0.29, 0.717) is 30.3 Å². The number of benzene rings is 1. The number of unbranched alkanes of at least 4 members (excludes halogenated alkanes) is 1. The van der Waals surface area contributed by atoms with Gasteiger partial charge in [-0.05, 0) is 37.4 Å². The number of carbonyl (C=O) groups excluding carboxylic acids is 4. The van der Waals surface area contributed by atoms with E-state index >= 15 is 0 Å². The third kappa shape index (κ3) is 19.2. The lowest BCUT2D eigenvalue weighted by molar-refractivity contribution is -0.139. The van der Waals surface area contributed by atoms with Crippen molar-refractivity contribution in [3.05, 3.63) is 35.4 Å². The molecule has 1 rings (SSSR count). The summed E-state index contributed by atoms with van der Waals surface area (Å²) in [6.07, 6.45) is 2.98. The standard InChI is InChI=1S/C24H35N5O7.C4H11N.2C2H6.CH4N2/c1-5-7-17(14-30)28-18(31)13-27-21(34)24(11-10-19(32)33,29-22(35)36-4)23(2,3)16-9-6-8-15(12-16)20(25)26;1-2-3-4-5;2*1-2;2-1-3/h6,8-9,12,14,17H,5,7,10-11,13H2,1-4H3,(H3,25,26)(H,27,34)(H,28,31)(H,29,35)(H,32,33);2-5H2,1H3;2*1-2H3;1H,(H3,2,3). The molecular weight excluding hydrogens is 620 g/mol. The van der Waals surface area contributed by atoms with Gasteiger partial charge in [-0.15, -0.1) is 0 Å². The van der Waals surface area contributed by atoms with Crippen molar-refractivity contribution in [3.8, 4) is 0 Å². The molecule has 0 saturated carbocycles. The van der Waals surface area contributed by atoms with E-state index in [1.807, 2.05) is 34.6 Å². The Labute approximate surface area is 286 Å². The van der Waals surface area contributed by atoms with Crippen LogP contribution in [-0.2, 0) is 29.3 Å². The Balaban J connectivity index is -0.000000700. The third-order valence-corrected chi connectivity index (χ3v) is 6.64. The highest BCUT2D eigenvalue weighted by atomic mass is 16.5. The number of hydrogen-bond acceptors (Lipinski definition) is 9.